The van der Waals surface area contributed by atoms with Crippen molar-refractivity contribution in [3.8, 4) is 0 Å². The number of aryl methyl sites for hydroxylation is 1. The first-order chi connectivity index (χ1) is 9.74. The van der Waals surface area contributed by atoms with E-state index in [4.69, 9.17) is 4.74 Å². The predicted octanol–water partition coefficient (Wildman–Crippen LogP) is 2.92. The van der Waals surface area contributed by atoms with Crippen molar-refractivity contribution >= 4 is 5.69 Å². The van der Waals surface area contributed by atoms with Crippen LogP contribution in [0.3, 0.4) is 0 Å². The van der Waals surface area contributed by atoms with Gasteiger partial charge in [0.2, 0.25) is 0 Å². The summed E-state index contributed by atoms with van der Waals surface area (Å²) in [7, 11) is 2.15. The third kappa shape index (κ3) is 2.99. The quantitative estimate of drug-likeness (QED) is 0.920. The van der Waals surface area contributed by atoms with E-state index in [0.717, 1.165) is 51.0 Å². The molecule has 3 heteroatoms. The summed E-state index contributed by atoms with van der Waals surface area (Å²) in [6.45, 7) is 2.84. The van der Waals surface area contributed by atoms with Crippen LogP contribution in [0.15, 0.2) is 18.2 Å². The van der Waals surface area contributed by atoms with Crippen LogP contribution in [-0.2, 0) is 11.2 Å². The molecule has 3 rings (SSSR count). The fraction of sp³-hybridized carbons (Fsp3) is 0.647. The maximum atomic E-state index is 10.5. The Morgan fingerprint density at radius 2 is 2.15 bits per heavy atom. The number of aliphatic hydroxyl groups is 1. The lowest BCUT2D eigenvalue weighted by Crippen LogP contribution is -2.24. The molecular formula is C17H25NO2. The van der Waals surface area contributed by atoms with Crippen molar-refractivity contribution in [3.63, 3.8) is 0 Å². The van der Waals surface area contributed by atoms with E-state index < -0.39 is 0 Å². The fourth-order valence-electron chi connectivity index (χ4n) is 3.45. The van der Waals surface area contributed by atoms with Gasteiger partial charge in [0.15, 0.2) is 0 Å². The van der Waals surface area contributed by atoms with Gasteiger partial charge in [0.25, 0.3) is 0 Å². The molecule has 1 aromatic rings. The van der Waals surface area contributed by atoms with Crippen LogP contribution in [0.4, 0.5) is 5.69 Å². The van der Waals surface area contributed by atoms with E-state index in [0.29, 0.717) is 5.92 Å². The third-order valence-corrected chi connectivity index (χ3v) is 4.74. The second-order valence-corrected chi connectivity index (χ2v) is 6.22. The number of aliphatic hydroxyl groups excluding tert-OH is 1. The van der Waals surface area contributed by atoms with Crippen LogP contribution in [0.5, 0.6) is 0 Å². The zero-order chi connectivity index (χ0) is 13.9. The molecule has 2 heterocycles. The van der Waals surface area contributed by atoms with Gasteiger partial charge in [-0.05, 0) is 55.2 Å². The number of fused-ring (bicyclic) bond motifs is 1. The first-order valence-corrected chi connectivity index (χ1v) is 7.84. The van der Waals surface area contributed by atoms with Crippen LogP contribution in [0.2, 0.25) is 0 Å². The molecule has 0 aliphatic carbocycles. The molecule has 0 bridgehead atoms. The number of anilines is 1. The molecule has 0 radical (unpaired) electrons. The highest BCUT2D eigenvalue weighted by Crippen LogP contribution is 2.32. The van der Waals surface area contributed by atoms with Crippen LogP contribution in [0, 0.1) is 5.92 Å². The van der Waals surface area contributed by atoms with Crippen LogP contribution in [0.1, 0.15) is 42.9 Å². The normalized spacial score (nSPS) is 21.6. The number of rotatable bonds is 3. The van der Waals surface area contributed by atoms with Crippen LogP contribution < -0.4 is 4.90 Å². The van der Waals surface area contributed by atoms with E-state index in [1.165, 1.54) is 17.7 Å². The molecule has 0 aromatic heterocycles. The summed E-state index contributed by atoms with van der Waals surface area (Å²) in [5.74, 6) is 0.609. The largest absolute Gasteiger partial charge is 0.388 e. The van der Waals surface area contributed by atoms with E-state index in [9.17, 15) is 5.11 Å². The zero-order valence-electron chi connectivity index (χ0n) is 12.3. The summed E-state index contributed by atoms with van der Waals surface area (Å²) in [5.41, 5.74) is 3.81. The van der Waals surface area contributed by atoms with Gasteiger partial charge < -0.3 is 14.7 Å². The summed E-state index contributed by atoms with van der Waals surface area (Å²) in [5, 5.41) is 10.5. The summed E-state index contributed by atoms with van der Waals surface area (Å²) >= 11 is 0. The molecular weight excluding hydrogens is 250 g/mol. The number of hydrogen-bond acceptors (Lipinski definition) is 3. The van der Waals surface area contributed by atoms with Gasteiger partial charge in [0.05, 0.1) is 6.10 Å². The lowest BCUT2D eigenvalue weighted by atomic mass is 9.89. The van der Waals surface area contributed by atoms with E-state index in [-0.39, 0.29) is 6.10 Å². The Bertz CT molecular complexity index is 454. The van der Waals surface area contributed by atoms with Gasteiger partial charge in [-0.25, -0.2) is 0 Å². The highest BCUT2D eigenvalue weighted by molar-refractivity contribution is 5.56. The monoisotopic (exact) mass is 275 g/mol. The van der Waals surface area contributed by atoms with Crippen molar-refractivity contribution in [1.82, 2.24) is 0 Å². The van der Waals surface area contributed by atoms with Gasteiger partial charge in [-0.1, -0.05) is 12.1 Å². The maximum Gasteiger partial charge on any atom is 0.0792 e. The molecule has 1 atom stereocenters. The Labute approximate surface area is 121 Å². The van der Waals surface area contributed by atoms with E-state index in [1.54, 1.807) is 0 Å². The van der Waals surface area contributed by atoms with E-state index in [2.05, 4.69) is 30.1 Å². The number of hydrogen-bond donors (Lipinski definition) is 1. The molecule has 1 fully saturated rings. The highest BCUT2D eigenvalue weighted by atomic mass is 16.5. The fourth-order valence-corrected chi connectivity index (χ4v) is 3.45. The first kappa shape index (κ1) is 13.9. The highest BCUT2D eigenvalue weighted by Gasteiger charge is 2.21. The minimum Gasteiger partial charge on any atom is -0.388 e. The molecule has 2 aliphatic rings. The predicted molar refractivity (Wildman–Crippen MR) is 81.2 cm³/mol. The lowest BCUT2D eigenvalue weighted by molar-refractivity contribution is 0.0435. The van der Waals surface area contributed by atoms with Gasteiger partial charge in [0, 0.05) is 32.5 Å². The minimum absolute atomic E-state index is 0.323. The average Bonchev–Trinajstić information content (AvgIpc) is 2.48. The SMILES string of the molecule is CN1CCCc2cc(C(O)CC3CCOCC3)ccc21. The second-order valence-electron chi connectivity index (χ2n) is 6.22. The van der Waals surface area contributed by atoms with E-state index >= 15 is 0 Å². The van der Waals surface area contributed by atoms with Crippen LogP contribution in [-0.4, -0.2) is 31.9 Å². The molecule has 2 aliphatic heterocycles. The second kappa shape index (κ2) is 6.15. The van der Waals surface area contributed by atoms with Crippen LogP contribution >= 0.6 is 0 Å². The van der Waals surface area contributed by atoms with Crippen molar-refractivity contribution < 1.29 is 9.84 Å². The molecule has 20 heavy (non-hydrogen) atoms. The molecule has 1 aromatic carbocycles. The van der Waals surface area contributed by atoms with Crippen molar-refractivity contribution in [2.45, 2.75) is 38.2 Å². The topological polar surface area (TPSA) is 32.7 Å². The van der Waals surface area contributed by atoms with Crippen molar-refractivity contribution in [2.24, 2.45) is 5.92 Å². The smallest absolute Gasteiger partial charge is 0.0792 e. The van der Waals surface area contributed by atoms with Crippen LogP contribution in [0.25, 0.3) is 0 Å². The Hall–Kier alpha value is -1.06. The van der Waals surface area contributed by atoms with Crippen molar-refractivity contribution in [1.29, 1.82) is 0 Å². The Morgan fingerprint density at radius 1 is 1.35 bits per heavy atom. The number of benzene rings is 1. The van der Waals surface area contributed by atoms with Gasteiger partial charge in [-0.3, -0.25) is 0 Å². The zero-order valence-corrected chi connectivity index (χ0v) is 12.3. The molecule has 3 nitrogen and oxygen atoms in total. The molecule has 0 amide bonds. The van der Waals surface area contributed by atoms with E-state index in [1.807, 2.05) is 0 Å². The summed E-state index contributed by atoms with van der Waals surface area (Å²) in [6.07, 6.45) is 5.07. The molecule has 0 spiro atoms. The maximum absolute atomic E-state index is 10.5. The number of ether oxygens (including phenoxy) is 1. The van der Waals surface area contributed by atoms with Gasteiger partial charge >= 0.3 is 0 Å². The first-order valence-electron chi connectivity index (χ1n) is 7.84. The average molecular weight is 275 g/mol. The number of nitrogens with zero attached hydrogens (tertiary/aromatic N) is 1. The third-order valence-electron chi connectivity index (χ3n) is 4.74. The van der Waals surface area contributed by atoms with Crippen molar-refractivity contribution in [2.75, 3.05) is 31.7 Å². The Balaban J connectivity index is 1.70. The van der Waals surface area contributed by atoms with Gasteiger partial charge in [-0.2, -0.15) is 0 Å². The van der Waals surface area contributed by atoms with Crippen molar-refractivity contribution in [3.05, 3.63) is 29.3 Å². The summed E-state index contributed by atoms with van der Waals surface area (Å²) in [6, 6.07) is 6.50. The van der Waals surface area contributed by atoms with Gasteiger partial charge in [0.1, 0.15) is 0 Å². The Kier molecular flexibility index (Phi) is 4.27. The summed E-state index contributed by atoms with van der Waals surface area (Å²) < 4.78 is 5.39. The minimum atomic E-state index is -0.323. The molecule has 1 unspecified atom stereocenters. The van der Waals surface area contributed by atoms with Gasteiger partial charge in [-0.15, -0.1) is 0 Å². The molecule has 1 N–H and O–H groups in total. The molecule has 1 saturated heterocycles. The lowest BCUT2D eigenvalue weighted by Gasteiger charge is -2.29. The molecule has 110 valence electrons. The summed E-state index contributed by atoms with van der Waals surface area (Å²) in [4.78, 5) is 2.31. The molecule has 0 saturated carbocycles. The Morgan fingerprint density at radius 3 is 2.95 bits per heavy atom. The standard InChI is InChI=1S/C17H25NO2/c1-18-8-2-3-14-12-15(4-5-16(14)18)17(19)11-13-6-9-20-10-7-13/h4-5,12-13,17,19H,2-3,6-11H2,1H3.